The van der Waals surface area contributed by atoms with Gasteiger partial charge in [-0.05, 0) is 24.3 Å². The van der Waals surface area contributed by atoms with Gasteiger partial charge in [0.25, 0.3) is 0 Å². The fraction of sp³-hybridized carbons (Fsp3) is 0.300. The van der Waals surface area contributed by atoms with Crippen molar-refractivity contribution in [2.75, 3.05) is 11.9 Å². The quantitative estimate of drug-likeness (QED) is 0.791. The minimum Gasteiger partial charge on any atom is -0.478 e. The molecule has 0 aliphatic heterocycles. The molecule has 0 aromatic heterocycles. The molecule has 0 atom stereocenters. The summed E-state index contributed by atoms with van der Waals surface area (Å²) >= 11 is 0. The second-order valence-corrected chi connectivity index (χ2v) is 3.30. The Morgan fingerprint density at radius 3 is 2.24 bits per heavy atom. The van der Waals surface area contributed by atoms with E-state index in [4.69, 9.17) is 5.11 Å². The predicted octanol–water partition coefficient (Wildman–Crippen LogP) is 2.70. The molecule has 0 unspecified atom stereocenters. The molecule has 1 aromatic rings. The summed E-state index contributed by atoms with van der Waals surface area (Å²) in [7, 11) is 0. The number of aromatic carboxylic acids is 1. The van der Waals surface area contributed by atoms with Crippen LogP contribution in [-0.2, 0) is 0 Å². The van der Waals surface area contributed by atoms with Crippen molar-refractivity contribution in [2.45, 2.75) is 12.3 Å². The summed E-state index contributed by atoms with van der Waals surface area (Å²) in [6.07, 6.45) is -3.74. The molecule has 0 saturated heterocycles. The average Bonchev–Trinajstić information content (AvgIpc) is 2.27. The number of hydrogen-bond acceptors (Lipinski definition) is 2. The van der Waals surface area contributed by atoms with Gasteiger partial charge in [-0.3, -0.25) is 0 Å². The van der Waals surface area contributed by atoms with Gasteiger partial charge < -0.3 is 10.4 Å². The van der Waals surface area contributed by atoms with E-state index in [0.29, 0.717) is 0 Å². The van der Waals surface area contributed by atoms with E-state index in [1.165, 1.54) is 24.3 Å². The van der Waals surface area contributed by atoms with Gasteiger partial charge in [-0.25, -0.2) is 13.6 Å². The lowest BCUT2D eigenvalue weighted by Gasteiger charge is -2.16. The maximum atomic E-state index is 12.5. The smallest absolute Gasteiger partial charge is 0.335 e. The molecule has 0 aliphatic carbocycles. The number of halogens is 4. The summed E-state index contributed by atoms with van der Waals surface area (Å²) in [4.78, 5) is 10.5. The highest BCUT2D eigenvalue weighted by atomic mass is 19.3. The highest BCUT2D eigenvalue weighted by molar-refractivity contribution is 5.87. The number of carboxylic acids is 1. The Morgan fingerprint density at radius 1 is 1.29 bits per heavy atom. The van der Waals surface area contributed by atoms with Crippen molar-refractivity contribution in [3.05, 3.63) is 29.8 Å². The second-order valence-electron chi connectivity index (χ2n) is 3.30. The summed E-state index contributed by atoms with van der Waals surface area (Å²) in [5.74, 6) is -5.28. The minimum atomic E-state index is -4.12. The lowest BCUT2D eigenvalue weighted by atomic mass is 10.2. The van der Waals surface area contributed by atoms with Gasteiger partial charge in [0.2, 0.25) is 0 Å². The summed E-state index contributed by atoms with van der Waals surface area (Å²) in [6.45, 7) is -1.21. The lowest BCUT2D eigenvalue weighted by molar-refractivity contribution is -0.117. The number of carboxylic acid groups (broad SMARTS) is 1. The minimum absolute atomic E-state index is 0.0174. The largest absolute Gasteiger partial charge is 0.478 e. The normalized spacial score (nSPS) is 11.6. The first-order valence-electron chi connectivity index (χ1n) is 4.56. The molecule has 7 heteroatoms. The maximum Gasteiger partial charge on any atom is 0.335 e. The number of hydrogen-bond donors (Lipinski definition) is 2. The van der Waals surface area contributed by atoms with E-state index < -0.39 is 24.9 Å². The van der Waals surface area contributed by atoms with Crippen LogP contribution in [0.3, 0.4) is 0 Å². The highest BCUT2D eigenvalue weighted by Crippen LogP contribution is 2.23. The molecule has 0 aliphatic rings. The molecule has 3 nitrogen and oxygen atoms in total. The summed E-state index contributed by atoms with van der Waals surface area (Å²) in [5, 5.41) is 10.7. The Labute approximate surface area is 94.1 Å². The number of anilines is 1. The zero-order chi connectivity index (χ0) is 13.1. The van der Waals surface area contributed by atoms with Crippen LogP contribution in [0.2, 0.25) is 0 Å². The number of nitrogens with one attached hydrogen (secondary N) is 1. The zero-order valence-electron chi connectivity index (χ0n) is 8.46. The van der Waals surface area contributed by atoms with Crippen molar-refractivity contribution in [1.82, 2.24) is 0 Å². The van der Waals surface area contributed by atoms with Gasteiger partial charge in [-0.1, -0.05) is 0 Å². The van der Waals surface area contributed by atoms with Crippen LogP contribution in [0.25, 0.3) is 0 Å². The van der Waals surface area contributed by atoms with Crippen LogP contribution in [0.1, 0.15) is 10.4 Å². The van der Waals surface area contributed by atoms with Crippen LogP contribution in [0, 0.1) is 0 Å². The zero-order valence-corrected chi connectivity index (χ0v) is 8.46. The first kappa shape index (κ1) is 13.3. The van der Waals surface area contributed by atoms with Gasteiger partial charge in [0, 0.05) is 5.69 Å². The highest BCUT2D eigenvalue weighted by Gasteiger charge is 2.40. The maximum absolute atomic E-state index is 12.5. The monoisotopic (exact) mass is 251 g/mol. The standard InChI is InChI=1S/C10H9F4NO2/c11-9(12)10(13,14)5-15-7-3-1-6(2-4-7)8(16)17/h1-4,9,15H,5H2,(H,16,17). The Morgan fingerprint density at radius 2 is 1.82 bits per heavy atom. The summed E-state index contributed by atoms with van der Waals surface area (Å²) in [6, 6.07) is 4.83. The van der Waals surface area contributed by atoms with Crippen molar-refractivity contribution in [3.8, 4) is 0 Å². The van der Waals surface area contributed by atoms with Crippen LogP contribution < -0.4 is 5.32 Å². The molecule has 17 heavy (non-hydrogen) atoms. The van der Waals surface area contributed by atoms with Crippen molar-refractivity contribution in [2.24, 2.45) is 0 Å². The van der Waals surface area contributed by atoms with Crippen LogP contribution in [0.5, 0.6) is 0 Å². The van der Waals surface area contributed by atoms with E-state index in [1.54, 1.807) is 0 Å². The first-order chi connectivity index (χ1) is 7.83. The number of alkyl halides is 4. The Kier molecular flexibility index (Phi) is 3.93. The van der Waals surface area contributed by atoms with Crippen molar-refractivity contribution in [3.63, 3.8) is 0 Å². The molecule has 2 N–H and O–H groups in total. The Hall–Kier alpha value is -1.79. The van der Waals surface area contributed by atoms with E-state index >= 15 is 0 Å². The third kappa shape index (κ3) is 3.61. The Bertz CT molecular complexity index is 392. The Balaban J connectivity index is 2.62. The molecule has 0 fully saturated rings. The SMILES string of the molecule is O=C(O)c1ccc(NCC(F)(F)C(F)F)cc1. The molecule has 1 rings (SSSR count). The second kappa shape index (κ2) is 5.03. The third-order valence-corrected chi connectivity index (χ3v) is 1.98. The van der Waals surface area contributed by atoms with Gasteiger partial charge in [0.05, 0.1) is 12.1 Å². The predicted molar refractivity (Wildman–Crippen MR) is 52.8 cm³/mol. The fourth-order valence-corrected chi connectivity index (χ4v) is 1.03. The van der Waals surface area contributed by atoms with Crippen LogP contribution in [0.4, 0.5) is 23.2 Å². The molecular weight excluding hydrogens is 242 g/mol. The van der Waals surface area contributed by atoms with Crippen LogP contribution >= 0.6 is 0 Å². The molecule has 0 amide bonds. The van der Waals surface area contributed by atoms with Gasteiger partial charge in [0.15, 0.2) is 0 Å². The molecule has 0 saturated carbocycles. The van der Waals surface area contributed by atoms with Crippen molar-refractivity contribution in [1.29, 1.82) is 0 Å². The average molecular weight is 251 g/mol. The molecule has 1 aromatic carbocycles. The molecular formula is C10H9F4NO2. The van der Waals surface area contributed by atoms with E-state index in [9.17, 15) is 22.4 Å². The molecule has 0 heterocycles. The first-order valence-corrected chi connectivity index (χ1v) is 4.56. The molecule has 0 spiro atoms. The van der Waals surface area contributed by atoms with Gasteiger partial charge in [-0.2, -0.15) is 8.78 Å². The lowest BCUT2D eigenvalue weighted by Crippen LogP contribution is -2.34. The fourth-order valence-electron chi connectivity index (χ4n) is 1.03. The van der Waals surface area contributed by atoms with Gasteiger partial charge in [-0.15, -0.1) is 0 Å². The summed E-state index contributed by atoms with van der Waals surface area (Å²) < 4.78 is 48.7. The molecule has 0 radical (unpaired) electrons. The number of carbonyl (C=O) groups is 1. The molecule has 94 valence electrons. The number of rotatable bonds is 5. The third-order valence-electron chi connectivity index (χ3n) is 1.98. The van der Waals surface area contributed by atoms with Gasteiger partial charge >= 0.3 is 18.3 Å². The number of benzene rings is 1. The van der Waals surface area contributed by atoms with Crippen LogP contribution in [-0.4, -0.2) is 30.0 Å². The van der Waals surface area contributed by atoms with Gasteiger partial charge in [0.1, 0.15) is 0 Å². The topological polar surface area (TPSA) is 49.3 Å². The van der Waals surface area contributed by atoms with Crippen molar-refractivity contribution >= 4 is 11.7 Å². The van der Waals surface area contributed by atoms with Crippen LogP contribution in [0.15, 0.2) is 24.3 Å². The van der Waals surface area contributed by atoms with E-state index in [1.807, 2.05) is 0 Å². The van der Waals surface area contributed by atoms with E-state index in [-0.39, 0.29) is 11.3 Å². The van der Waals surface area contributed by atoms with E-state index in [0.717, 1.165) is 0 Å². The van der Waals surface area contributed by atoms with Crippen molar-refractivity contribution < 1.29 is 27.5 Å². The van der Waals surface area contributed by atoms with E-state index in [2.05, 4.69) is 5.32 Å². The summed E-state index contributed by atoms with van der Waals surface area (Å²) in [5.41, 5.74) is 0.131. The molecule has 0 bridgehead atoms.